The van der Waals surface area contributed by atoms with Crippen molar-refractivity contribution in [1.29, 1.82) is 0 Å². The molecule has 1 N–H and O–H groups in total. The number of benzene rings is 3. The number of carbonyl (C=O) groups excluding carboxylic acids is 1. The lowest BCUT2D eigenvalue weighted by Gasteiger charge is -2.35. The van der Waals surface area contributed by atoms with Gasteiger partial charge in [0.2, 0.25) is 5.91 Å². The van der Waals surface area contributed by atoms with Crippen LogP contribution >= 0.6 is 11.8 Å². The maximum Gasteiger partial charge on any atom is 0.239 e. The predicted molar refractivity (Wildman–Crippen MR) is 104 cm³/mol. The Bertz CT molecular complexity index is 707. The van der Waals surface area contributed by atoms with Gasteiger partial charge in [0, 0.05) is 12.2 Å². The van der Waals surface area contributed by atoms with Gasteiger partial charge in [-0.3, -0.25) is 10.5 Å². The molecule has 0 unspecified atom stereocenters. The fraction of sp³-hybridized carbons (Fsp3) is 0.136. The Morgan fingerprint density at radius 3 is 1.40 bits per heavy atom. The molecule has 0 atom stereocenters. The first-order valence-electron chi connectivity index (χ1n) is 8.28. The number of thioether (sulfide) groups is 1. The van der Waals surface area contributed by atoms with Gasteiger partial charge in [0.15, 0.2) is 0 Å². The quantitative estimate of drug-likeness (QED) is 0.570. The number of rotatable bonds is 7. The largest absolute Gasteiger partial charge is 0.273 e. The van der Waals surface area contributed by atoms with E-state index in [4.69, 9.17) is 5.73 Å². The Kier molecular flexibility index (Phi) is 5.56. The zero-order valence-electron chi connectivity index (χ0n) is 13.9. The van der Waals surface area contributed by atoms with Crippen LogP contribution in [0.25, 0.3) is 0 Å². The smallest absolute Gasteiger partial charge is 0.239 e. The first-order valence-corrected chi connectivity index (χ1v) is 9.27. The minimum absolute atomic E-state index is 0.249. The van der Waals surface area contributed by atoms with Crippen LogP contribution in [0.2, 0.25) is 0 Å². The molecule has 0 aromatic heterocycles. The molecule has 3 heteroatoms. The second-order valence-corrected chi connectivity index (χ2v) is 7.11. The molecule has 3 aromatic carbocycles. The summed E-state index contributed by atoms with van der Waals surface area (Å²) in [5.74, 6) is 0.0803. The highest BCUT2D eigenvalue weighted by Crippen LogP contribution is 2.48. The highest BCUT2D eigenvalue weighted by atomic mass is 32.2. The summed E-state index contributed by atoms with van der Waals surface area (Å²) in [6.45, 7) is 0. The molecule has 25 heavy (non-hydrogen) atoms. The van der Waals surface area contributed by atoms with Crippen LogP contribution in [0.15, 0.2) is 91.0 Å². The topological polar surface area (TPSA) is 40.9 Å². The van der Waals surface area contributed by atoms with E-state index in [0.717, 1.165) is 0 Å². The van der Waals surface area contributed by atoms with Gasteiger partial charge in [-0.1, -0.05) is 91.0 Å². The summed E-state index contributed by atoms with van der Waals surface area (Å²) in [4.78, 5) is 11.2. The molecular weight excluding hydrogens is 326 g/mol. The lowest BCUT2D eigenvalue weighted by atomic mass is 9.84. The molecule has 1 radical (unpaired) electrons. The molecule has 3 aromatic rings. The first-order chi connectivity index (χ1) is 12.2. The fourth-order valence-corrected chi connectivity index (χ4v) is 4.57. The third-order valence-corrected chi connectivity index (χ3v) is 5.74. The Balaban J connectivity index is 2.18. The fourth-order valence-electron chi connectivity index (χ4n) is 3.07. The molecule has 0 spiro atoms. The molecule has 0 aliphatic rings. The zero-order valence-corrected chi connectivity index (χ0v) is 14.7. The van der Waals surface area contributed by atoms with E-state index >= 15 is 0 Å². The molecule has 0 bridgehead atoms. The molecule has 0 saturated heterocycles. The number of hydrogen-bond acceptors (Lipinski definition) is 2. The van der Waals surface area contributed by atoms with Crippen molar-refractivity contribution < 1.29 is 4.79 Å². The number of carbonyl (C=O) groups is 1. The minimum Gasteiger partial charge on any atom is -0.273 e. The lowest BCUT2D eigenvalue weighted by Crippen LogP contribution is -2.26. The molecule has 125 valence electrons. The summed E-state index contributed by atoms with van der Waals surface area (Å²) in [6.07, 6.45) is 0.249. The van der Waals surface area contributed by atoms with Crippen molar-refractivity contribution in [2.75, 3.05) is 5.75 Å². The zero-order chi connectivity index (χ0) is 17.5. The summed E-state index contributed by atoms with van der Waals surface area (Å²) < 4.78 is -0.404. The van der Waals surface area contributed by atoms with Gasteiger partial charge in [-0.05, 0) is 16.7 Å². The van der Waals surface area contributed by atoms with Crippen LogP contribution in [-0.4, -0.2) is 11.7 Å². The van der Waals surface area contributed by atoms with Crippen LogP contribution in [0.5, 0.6) is 0 Å². The van der Waals surface area contributed by atoms with Crippen molar-refractivity contribution in [2.24, 2.45) is 0 Å². The molecule has 0 saturated carbocycles. The van der Waals surface area contributed by atoms with Crippen LogP contribution < -0.4 is 5.73 Å². The Labute approximate surface area is 153 Å². The van der Waals surface area contributed by atoms with Gasteiger partial charge in [0.05, 0.1) is 4.75 Å². The van der Waals surface area contributed by atoms with E-state index in [1.807, 2.05) is 54.6 Å². The van der Waals surface area contributed by atoms with Gasteiger partial charge in [0.25, 0.3) is 0 Å². The second kappa shape index (κ2) is 8.04. The van der Waals surface area contributed by atoms with Crippen molar-refractivity contribution >= 4 is 17.7 Å². The van der Waals surface area contributed by atoms with Crippen molar-refractivity contribution in [3.63, 3.8) is 0 Å². The highest BCUT2D eigenvalue weighted by molar-refractivity contribution is 8.00. The summed E-state index contributed by atoms with van der Waals surface area (Å²) in [6, 6.07) is 31.1. The van der Waals surface area contributed by atoms with Crippen LogP contribution in [0.4, 0.5) is 0 Å². The van der Waals surface area contributed by atoms with Gasteiger partial charge >= 0.3 is 0 Å². The van der Waals surface area contributed by atoms with Crippen LogP contribution in [0.1, 0.15) is 23.1 Å². The lowest BCUT2D eigenvalue weighted by molar-refractivity contribution is -0.118. The third kappa shape index (κ3) is 3.77. The standard InChI is InChI=1S/C22H20NOS/c23-21(24)16-17-25-22(18-10-4-1-5-11-18,19-12-6-2-7-13-19)20-14-8-3-9-15-20/h1-15,23H,16-17H2. The van der Waals surface area contributed by atoms with Crippen LogP contribution in [0, 0.1) is 0 Å². The molecular formula is C22H20NOS. The third-order valence-electron chi connectivity index (χ3n) is 4.19. The van der Waals surface area contributed by atoms with E-state index < -0.39 is 10.7 Å². The van der Waals surface area contributed by atoms with E-state index in [1.165, 1.54) is 16.7 Å². The molecule has 0 fully saturated rings. The molecule has 2 nitrogen and oxygen atoms in total. The van der Waals surface area contributed by atoms with Crippen LogP contribution in [-0.2, 0) is 9.54 Å². The second-order valence-electron chi connectivity index (χ2n) is 5.80. The number of amides is 1. The summed E-state index contributed by atoms with van der Waals surface area (Å²) in [5, 5.41) is 0. The van der Waals surface area contributed by atoms with E-state index in [9.17, 15) is 4.79 Å². The van der Waals surface area contributed by atoms with Crippen molar-refractivity contribution in [2.45, 2.75) is 11.2 Å². The average molecular weight is 346 g/mol. The minimum atomic E-state index is -0.518. The molecule has 3 rings (SSSR count). The normalized spacial score (nSPS) is 11.2. The van der Waals surface area contributed by atoms with E-state index in [0.29, 0.717) is 5.75 Å². The molecule has 1 amide bonds. The predicted octanol–water partition coefficient (Wildman–Crippen LogP) is 4.91. The number of hydrogen-bond donors (Lipinski definition) is 0. The Morgan fingerprint density at radius 1 is 0.720 bits per heavy atom. The summed E-state index contributed by atoms with van der Waals surface area (Å²) in [5.41, 5.74) is 10.8. The highest BCUT2D eigenvalue weighted by Gasteiger charge is 2.36. The van der Waals surface area contributed by atoms with E-state index in [-0.39, 0.29) is 6.42 Å². The van der Waals surface area contributed by atoms with Gasteiger partial charge < -0.3 is 0 Å². The summed E-state index contributed by atoms with van der Waals surface area (Å²) in [7, 11) is 0. The van der Waals surface area contributed by atoms with E-state index in [1.54, 1.807) is 11.8 Å². The Hall–Kier alpha value is -2.52. The molecule has 0 aliphatic heterocycles. The monoisotopic (exact) mass is 346 g/mol. The number of nitrogens with one attached hydrogen (secondary N) is 1. The maximum atomic E-state index is 11.2. The van der Waals surface area contributed by atoms with Gasteiger partial charge in [-0.15, -0.1) is 11.8 Å². The van der Waals surface area contributed by atoms with Crippen molar-refractivity contribution in [1.82, 2.24) is 5.73 Å². The first kappa shape index (κ1) is 17.3. The van der Waals surface area contributed by atoms with Crippen molar-refractivity contribution in [3.05, 3.63) is 108 Å². The van der Waals surface area contributed by atoms with Crippen molar-refractivity contribution in [3.8, 4) is 0 Å². The van der Waals surface area contributed by atoms with Crippen LogP contribution in [0.3, 0.4) is 0 Å². The van der Waals surface area contributed by atoms with Gasteiger partial charge in [-0.25, -0.2) is 0 Å². The molecule has 0 aliphatic carbocycles. The summed E-state index contributed by atoms with van der Waals surface area (Å²) >= 11 is 1.72. The molecule has 0 heterocycles. The Morgan fingerprint density at radius 2 is 1.08 bits per heavy atom. The van der Waals surface area contributed by atoms with Gasteiger partial charge in [-0.2, -0.15) is 0 Å². The average Bonchev–Trinajstić information content (AvgIpc) is 2.67. The van der Waals surface area contributed by atoms with Gasteiger partial charge in [0.1, 0.15) is 0 Å². The maximum absolute atomic E-state index is 11.2. The SMILES string of the molecule is [NH]C(=O)CCSC(c1ccccc1)(c1ccccc1)c1ccccc1. The van der Waals surface area contributed by atoms with E-state index in [2.05, 4.69) is 36.4 Å².